The summed E-state index contributed by atoms with van der Waals surface area (Å²) in [5.74, 6) is -0.655. The van der Waals surface area contributed by atoms with Crippen molar-refractivity contribution in [1.82, 2.24) is 4.98 Å². The second-order valence-electron chi connectivity index (χ2n) is 5.56. The summed E-state index contributed by atoms with van der Waals surface area (Å²) in [5, 5.41) is 10.6. The normalized spacial score (nSPS) is 17.1. The van der Waals surface area contributed by atoms with Gasteiger partial charge < -0.3 is 5.11 Å². The maximum atomic E-state index is 11.5. The third-order valence-corrected chi connectivity index (χ3v) is 4.22. The molecule has 1 N–H and O–H groups in total. The minimum Gasteiger partial charge on any atom is -0.481 e. The van der Waals surface area contributed by atoms with Crippen molar-refractivity contribution >= 4 is 16.9 Å². The molecule has 1 aliphatic rings. The molecule has 1 saturated carbocycles. The van der Waals surface area contributed by atoms with Crippen LogP contribution in [0.15, 0.2) is 30.3 Å². The number of hydrogen-bond acceptors (Lipinski definition) is 2. The Morgan fingerprint density at radius 2 is 2.11 bits per heavy atom. The number of pyridine rings is 1. The molecular formula is C16H17NO2. The molecule has 0 unspecified atom stereocenters. The molecule has 98 valence electrons. The Bertz CT molecular complexity index is 644. The number of carboxylic acid groups (broad SMARTS) is 1. The summed E-state index contributed by atoms with van der Waals surface area (Å²) in [6, 6.07) is 10.0. The van der Waals surface area contributed by atoms with Crippen LogP contribution < -0.4 is 0 Å². The van der Waals surface area contributed by atoms with E-state index in [1.807, 2.05) is 37.3 Å². The van der Waals surface area contributed by atoms with Crippen molar-refractivity contribution in [2.24, 2.45) is 5.41 Å². The summed E-state index contributed by atoms with van der Waals surface area (Å²) < 4.78 is 0. The molecule has 1 aromatic heterocycles. The lowest BCUT2D eigenvalue weighted by Crippen LogP contribution is -2.39. The minimum atomic E-state index is -0.655. The summed E-state index contributed by atoms with van der Waals surface area (Å²) >= 11 is 0. The summed E-state index contributed by atoms with van der Waals surface area (Å²) in [5.41, 5.74) is 2.48. The first-order chi connectivity index (χ1) is 9.11. The molecule has 0 radical (unpaired) electrons. The number of aliphatic carboxylic acids is 1. The number of fused-ring (bicyclic) bond motifs is 1. The first kappa shape index (κ1) is 12.2. The van der Waals surface area contributed by atoms with E-state index >= 15 is 0 Å². The van der Waals surface area contributed by atoms with E-state index in [1.54, 1.807) is 0 Å². The zero-order valence-corrected chi connectivity index (χ0v) is 11.0. The van der Waals surface area contributed by atoms with Crippen LogP contribution in [0.25, 0.3) is 10.9 Å². The van der Waals surface area contributed by atoms with Gasteiger partial charge in [-0.15, -0.1) is 0 Å². The standard InChI is InChI=1S/C16H17NO2/c1-11-9-12(10-16(15(18)19)7-4-8-16)13-5-2-3-6-14(13)17-11/h2-3,5-6,9H,4,7-8,10H2,1H3,(H,18,19). The zero-order valence-electron chi connectivity index (χ0n) is 11.0. The molecule has 2 aromatic rings. The molecule has 1 fully saturated rings. The number of aryl methyl sites for hydroxylation is 1. The van der Waals surface area contributed by atoms with Crippen molar-refractivity contribution in [3.05, 3.63) is 41.6 Å². The van der Waals surface area contributed by atoms with Crippen LogP contribution in [0.2, 0.25) is 0 Å². The molecule has 0 bridgehead atoms. The summed E-state index contributed by atoms with van der Waals surface area (Å²) in [4.78, 5) is 16.0. The molecule has 1 heterocycles. The minimum absolute atomic E-state index is 0.545. The van der Waals surface area contributed by atoms with Crippen LogP contribution in [-0.4, -0.2) is 16.1 Å². The van der Waals surface area contributed by atoms with Crippen LogP contribution in [0.1, 0.15) is 30.5 Å². The van der Waals surface area contributed by atoms with Gasteiger partial charge in [0.1, 0.15) is 0 Å². The molecule has 0 aliphatic heterocycles. The van der Waals surface area contributed by atoms with Crippen molar-refractivity contribution in [3.63, 3.8) is 0 Å². The second-order valence-corrected chi connectivity index (χ2v) is 5.56. The fourth-order valence-corrected chi connectivity index (χ4v) is 2.98. The lowest BCUT2D eigenvalue weighted by molar-refractivity contribution is -0.154. The average molecular weight is 255 g/mol. The summed E-state index contributed by atoms with van der Waals surface area (Å²) in [7, 11) is 0. The van der Waals surface area contributed by atoms with Crippen molar-refractivity contribution in [2.75, 3.05) is 0 Å². The molecular weight excluding hydrogens is 238 g/mol. The highest BCUT2D eigenvalue weighted by atomic mass is 16.4. The highest BCUT2D eigenvalue weighted by Crippen LogP contribution is 2.44. The number of aromatic nitrogens is 1. The Morgan fingerprint density at radius 1 is 1.37 bits per heavy atom. The number of nitrogens with zero attached hydrogens (tertiary/aromatic N) is 1. The van der Waals surface area contributed by atoms with E-state index in [0.29, 0.717) is 6.42 Å². The Morgan fingerprint density at radius 3 is 2.74 bits per heavy atom. The fraction of sp³-hybridized carbons (Fsp3) is 0.375. The number of carboxylic acids is 1. The van der Waals surface area contributed by atoms with Crippen LogP contribution in [-0.2, 0) is 11.2 Å². The Balaban J connectivity index is 2.07. The maximum absolute atomic E-state index is 11.5. The van der Waals surface area contributed by atoms with Gasteiger partial charge in [-0.2, -0.15) is 0 Å². The van der Waals surface area contributed by atoms with E-state index in [0.717, 1.165) is 41.4 Å². The van der Waals surface area contributed by atoms with Crippen LogP contribution in [0, 0.1) is 12.3 Å². The molecule has 19 heavy (non-hydrogen) atoms. The first-order valence-electron chi connectivity index (χ1n) is 6.69. The quantitative estimate of drug-likeness (QED) is 0.915. The zero-order chi connectivity index (χ0) is 13.5. The lowest BCUT2D eigenvalue weighted by atomic mass is 9.65. The molecule has 3 nitrogen and oxygen atoms in total. The van der Waals surface area contributed by atoms with Gasteiger partial charge >= 0.3 is 5.97 Å². The molecule has 3 heteroatoms. The molecule has 3 rings (SSSR count). The number of hydrogen-bond donors (Lipinski definition) is 1. The Hall–Kier alpha value is -1.90. The van der Waals surface area contributed by atoms with Crippen LogP contribution in [0.3, 0.4) is 0 Å². The fourth-order valence-electron chi connectivity index (χ4n) is 2.98. The van der Waals surface area contributed by atoms with Crippen LogP contribution in [0.5, 0.6) is 0 Å². The highest BCUT2D eigenvalue weighted by Gasteiger charge is 2.44. The predicted octanol–water partition coefficient (Wildman–Crippen LogP) is 3.34. The van der Waals surface area contributed by atoms with Crippen molar-refractivity contribution in [1.29, 1.82) is 0 Å². The molecule has 0 saturated heterocycles. The van der Waals surface area contributed by atoms with Crippen molar-refractivity contribution < 1.29 is 9.90 Å². The van der Waals surface area contributed by atoms with Gasteiger partial charge in [-0.25, -0.2) is 0 Å². The number of rotatable bonds is 3. The van der Waals surface area contributed by atoms with E-state index < -0.39 is 11.4 Å². The van der Waals surface area contributed by atoms with Gasteiger partial charge in [0.25, 0.3) is 0 Å². The smallest absolute Gasteiger partial charge is 0.309 e. The largest absolute Gasteiger partial charge is 0.481 e. The number of carbonyl (C=O) groups is 1. The van der Waals surface area contributed by atoms with E-state index in [2.05, 4.69) is 4.98 Å². The molecule has 1 aliphatic carbocycles. The second kappa shape index (κ2) is 4.34. The molecule has 0 spiro atoms. The third kappa shape index (κ3) is 1.99. The highest BCUT2D eigenvalue weighted by molar-refractivity contribution is 5.84. The molecule has 1 aromatic carbocycles. The van der Waals surface area contributed by atoms with Gasteiger partial charge in [-0.1, -0.05) is 24.6 Å². The summed E-state index contributed by atoms with van der Waals surface area (Å²) in [6.07, 6.45) is 3.22. The van der Waals surface area contributed by atoms with Gasteiger partial charge in [0.05, 0.1) is 10.9 Å². The molecule has 0 amide bonds. The van der Waals surface area contributed by atoms with E-state index in [4.69, 9.17) is 0 Å². The number of benzene rings is 1. The molecule has 0 atom stereocenters. The SMILES string of the molecule is Cc1cc(CC2(C(=O)O)CCC2)c2ccccc2n1. The van der Waals surface area contributed by atoms with Crippen molar-refractivity contribution in [2.45, 2.75) is 32.6 Å². The van der Waals surface area contributed by atoms with E-state index in [9.17, 15) is 9.90 Å². The van der Waals surface area contributed by atoms with Gasteiger partial charge in [-0.3, -0.25) is 9.78 Å². The van der Waals surface area contributed by atoms with E-state index in [-0.39, 0.29) is 0 Å². The van der Waals surface area contributed by atoms with Crippen LogP contribution >= 0.6 is 0 Å². The Kier molecular flexibility index (Phi) is 2.77. The summed E-state index contributed by atoms with van der Waals surface area (Å²) in [6.45, 7) is 1.96. The average Bonchev–Trinajstić information content (AvgIpc) is 2.32. The van der Waals surface area contributed by atoms with Gasteiger partial charge in [0.2, 0.25) is 0 Å². The lowest BCUT2D eigenvalue weighted by Gasteiger charge is -2.38. The predicted molar refractivity (Wildman–Crippen MR) is 74.1 cm³/mol. The third-order valence-electron chi connectivity index (χ3n) is 4.22. The topological polar surface area (TPSA) is 50.2 Å². The maximum Gasteiger partial charge on any atom is 0.309 e. The van der Waals surface area contributed by atoms with Gasteiger partial charge in [-0.05, 0) is 43.9 Å². The first-order valence-corrected chi connectivity index (χ1v) is 6.69. The van der Waals surface area contributed by atoms with Crippen molar-refractivity contribution in [3.8, 4) is 0 Å². The Labute approximate surface area is 112 Å². The van der Waals surface area contributed by atoms with Crippen LogP contribution in [0.4, 0.5) is 0 Å². The monoisotopic (exact) mass is 255 g/mol. The van der Waals surface area contributed by atoms with E-state index in [1.165, 1.54) is 0 Å². The number of para-hydroxylation sites is 1. The van der Waals surface area contributed by atoms with Gasteiger partial charge in [0, 0.05) is 11.1 Å². The van der Waals surface area contributed by atoms with Gasteiger partial charge in [0.15, 0.2) is 0 Å².